The Labute approximate surface area is 123 Å². The molecule has 2 heterocycles. The number of rotatable bonds is 6. The number of hydrogen-bond donors (Lipinski definition) is 1. The van der Waals surface area contributed by atoms with Crippen LogP contribution in [0.1, 0.15) is 26.8 Å². The van der Waals surface area contributed by atoms with Gasteiger partial charge >= 0.3 is 0 Å². The third kappa shape index (κ3) is 2.69. The fraction of sp³-hybridized carbons (Fsp3) is 0.615. The molecule has 1 N–H and O–H groups in total. The third-order valence-corrected chi connectivity index (χ3v) is 3.56. The van der Waals surface area contributed by atoms with Crippen molar-refractivity contribution in [3.8, 4) is 5.88 Å². The van der Waals surface area contributed by atoms with Crippen molar-refractivity contribution in [2.24, 2.45) is 5.92 Å². The Morgan fingerprint density at radius 2 is 2.15 bits per heavy atom. The Hall–Kier alpha value is -1.47. The second kappa shape index (κ2) is 6.32. The van der Waals surface area contributed by atoms with E-state index in [0.29, 0.717) is 29.8 Å². The van der Waals surface area contributed by atoms with Crippen molar-refractivity contribution in [2.75, 3.05) is 20.3 Å². The fourth-order valence-electron chi connectivity index (χ4n) is 2.18. The van der Waals surface area contributed by atoms with E-state index in [9.17, 15) is 0 Å². The molecule has 2 aromatic rings. The van der Waals surface area contributed by atoms with Crippen LogP contribution >= 0.6 is 12.2 Å². The molecule has 1 unspecified atom stereocenters. The average molecular weight is 296 g/mol. The summed E-state index contributed by atoms with van der Waals surface area (Å²) >= 11 is 5.43. The molecule has 0 bridgehead atoms. The lowest BCUT2D eigenvalue weighted by molar-refractivity contribution is 0.0972. The van der Waals surface area contributed by atoms with Crippen LogP contribution in [0.2, 0.25) is 0 Å². The van der Waals surface area contributed by atoms with Crippen molar-refractivity contribution in [1.82, 2.24) is 19.5 Å². The minimum atomic E-state index is 0.121. The van der Waals surface area contributed by atoms with Gasteiger partial charge in [-0.05, 0) is 25.1 Å². The van der Waals surface area contributed by atoms with Gasteiger partial charge < -0.3 is 14.5 Å². The smallest absolute Gasteiger partial charge is 0.242 e. The van der Waals surface area contributed by atoms with Crippen LogP contribution in [0.5, 0.6) is 5.88 Å². The number of imidazole rings is 1. The molecule has 20 heavy (non-hydrogen) atoms. The van der Waals surface area contributed by atoms with E-state index >= 15 is 0 Å². The largest absolute Gasteiger partial charge is 0.479 e. The molecule has 0 spiro atoms. The molecule has 110 valence electrons. The van der Waals surface area contributed by atoms with Gasteiger partial charge in [-0.15, -0.1) is 0 Å². The molecule has 0 amide bonds. The van der Waals surface area contributed by atoms with Gasteiger partial charge in [0.05, 0.1) is 19.8 Å². The van der Waals surface area contributed by atoms with E-state index in [4.69, 9.17) is 21.7 Å². The number of fused-ring (bicyclic) bond motifs is 1. The zero-order valence-corrected chi connectivity index (χ0v) is 13.0. The van der Waals surface area contributed by atoms with Crippen LogP contribution in [0.3, 0.4) is 0 Å². The lowest BCUT2D eigenvalue weighted by Crippen LogP contribution is -2.21. The second-order valence-electron chi connectivity index (χ2n) is 4.85. The Bertz CT molecular complexity index is 635. The maximum absolute atomic E-state index is 5.59. The number of aromatic amines is 1. The number of ether oxygens (including phenoxy) is 2. The Morgan fingerprint density at radius 3 is 2.75 bits per heavy atom. The molecule has 0 aliphatic rings. The van der Waals surface area contributed by atoms with Gasteiger partial charge in [0.15, 0.2) is 10.4 Å². The predicted molar refractivity (Wildman–Crippen MR) is 79.6 cm³/mol. The zero-order valence-electron chi connectivity index (χ0n) is 12.2. The van der Waals surface area contributed by atoms with Crippen molar-refractivity contribution in [1.29, 1.82) is 0 Å². The SMILES string of the molecule is CCOCC(C(C)C)n1c(=S)[nH]c2c(OC)ncnc21. The van der Waals surface area contributed by atoms with Crippen LogP contribution in [0.25, 0.3) is 11.2 Å². The molecule has 2 rings (SSSR count). The third-order valence-electron chi connectivity index (χ3n) is 3.26. The molecular weight excluding hydrogens is 276 g/mol. The van der Waals surface area contributed by atoms with E-state index in [1.54, 1.807) is 7.11 Å². The van der Waals surface area contributed by atoms with Crippen LogP contribution in [0.15, 0.2) is 6.33 Å². The van der Waals surface area contributed by atoms with Crippen LogP contribution in [0, 0.1) is 10.7 Å². The fourth-order valence-corrected chi connectivity index (χ4v) is 2.51. The molecule has 0 aliphatic carbocycles. The number of methoxy groups -OCH3 is 1. The van der Waals surface area contributed by atoms with Gasteiger partial charge in [-0.1, -0.05) is 13.8 Å². The first-order chi connectivity index (χ1) is 9.60. The molecule has 6 nitrogen and oxygen atoms in total. The highest BCUT2D eigenvalue weighted by molar-refractivity contribution is 7.71. The van der Waals surface area contributed by atoms with Gasteiger partial charge in [0.25, 0.3) is 0 Å². The van der Waals surface area contributed by atoms with Crippen molar-refractivity contribution in [3.05, 3.63) is 11.1 Å². The topological polar surface area (TPSA) is 65.0 Å². The molecule has 0 radical (unpaired) electrons. The molecule has 0 aliphatic heterocycles. The predicted octanol–water partition coefficient (Wildman–Crippen LogP) is 2.73. The van der Waals surface area contributed by atoms with Crippen molar-refractivity contribution in [2.45, 2.75) is 26.8 Å². The minimum absolute atomic E-state index is 0.121. The summed E-state index contributed by atoms with van der Waals surface area (Å²) in [5, 5.41) is 0. The first-order valence-electron chi connectivity index (χ1n) is 6.67. The van der Waals surface area contributed by atoms with Gasteiger partial charge in [0.2, 0.25) is 5.88 Å². The highest BCUT2D eigenvalue weighted by atomic mass is 32.1. The van der Waals surface area contributed by atoms with Crippen molar-refractivity contribution >= 4 is 23.4 Å². The number of hydrogen-bond acceptors (Lipinski definition) is 5. The number of nitrogens with one attached hydrogen (secondary N) is 1. The lowest BCUT2D eigenvalue weighted by Gasteiger charge is -2.22. The monoisotopic (exact) mass is 296 g/mol. The number of aromatic nitrogens is 4. The van der Waals surface area contributed by atoms with Crippen LogP contribution in [-0.2, 0) is 4.74 Å². The maximum atomic E-state index is 5.59. The molecule has 7 heteroatoms. The van der Waals surface area contributed by atoms with E-state index in [2.05, 4.69) is 28.8 Å². The Kier molecular flexibility index (Phi) is 4.72. The van der Waals surface area contributed by atoms with E-state index in [0.717, 1.165) is 11.2 Å². The van der Waals surface area contributed by atoms with Crippen molar-refractivity contribution in [3.63, 3.8) is 0 Å². The summed E-state index contributed by atoms with van der Waals surface area (Å²) in [6, 6.07) is 0.121. The van der Waals surface area contributed by atoms with Gasteiger partial charge in [0, 0.05) is 6.61 Å². The first kappa shape index (κ1) is 14.9. The molecular formula is C13H20N4O2S. The Balaban J connectivity index is 2.57. The van der Waals surface area contributed by atoms with Gasteiger partial charge in [-0.3, -0.25) is 4.57 Å². The van der Waals surface area contributed by atoms with E-state index in [1.807, 2.05) is 11.5 Å². The standard InChI is InChI=1S/C13H20N4O2S/c1-5-19-6-9(8(2)3)17-11-10(16-13(17)20)12(18-4)15-7-14-11/h7-9H,5-6H2,1-4H3,(H,16,20). The van der Waals surface area contributed by atoms with Crippen LogP contribution in [-0.4, -0.2) is 39.8 Å². The molecule has 0 aromatic carbocycles. The highest BCUT2D eigenvalue weighted by Crippen LogP contribution is 2.27. The summed E-state index contributed by atoms with van der Waals surface area (Å²) in [5.74, 6) is 0.868. The minimum Gasteiger partial charge on any atom is -0.479 e. The molecule has 2 aromatic heterocycles. The first-order valence-corrected chi connectivity index (χ1v) is 7.07. The Morgan fingerprint density at radius 1 is 1.40 bits per heavy atom. The quantitative estimate of drug-likeness (QED) is 0.830. The van der Waals surface area contributed by atoms with Gasteiger partial charge in [-0.25, -0.2) is 4.98 Å². The highest BCUT2D eigenvalue weighted by Gasteiger charge is 2.21. The molecule has 0 fully saturated rings. The molecule has 1 atom stereocenters. The van der Waals surface area contributed by atoms with Crippen LogP contribution < -0.4 is 4.74 Å². The average Bonchev–Trinajstić information content (AvgIpc) is 2.75. The molecule has 0 saturated heterocycles. The number of H-pyrrole nitrogens is 1. The lowest BCUT2D eigenvalue weighted by atomic mass is 10.1. The van der Waals surface area contributed by atoms with Crippen molar-refractivity contribution < 1.29 is 9.47 Å². The summed E-state index contributed by atoms with van der Waals surface area (Å²) in [7, 11) is 1.58. The van der Waals surface area contributed by atoms with Gasteiger partial charge in [-0.2, -0.15) is 4.98 Å². The normalized spacial score (nSPS) is 13.1. The van der Waals surface area contributed by atoms with E-state index in [1.165, 1.54) is 6.33 Å². The van der Waals surface area contributed by atoms with Gasteiger partial charge in [0.1, 0.15) is 11.8 Å². The summed E-state index contributed by atoms with van der Waals surface area (Å²) in [5.41, 5.74) is 1.47. The van der Waals surface area contributed by atoms with E-state index < -0.39 is 0 Å². The van der Waals surface area contributed by atoms with Crippen LogP contribution in [0.4, 0.5) is 0 Å². The number of nitrogens with zero attached hydrogens (tertiary/aromatic N) is 3. The zero-order chi connectivity index (χ0) is 14.7. The summed E-state index contributed by atoms with van der Waals surface area (Å²) in [6.07, 6.45) is 1.48. The summed E-state index contributed by atoms with van der Waals surface area (Å²) < 4.78 is 13.4. The second-order valence-corrected chi connectivity index (χ2v) is 5.24. The summed E-state index contributed by atoms with van der Waals surface area (Å²) in [6.45, 7) is 7.54. The summed E-state index contributed by atoms with van der Waals surface area (Å²) in [4.78, 5) is 11.6. The maximum Gasteiger partial charge on any atom is 0.242 e. The van der Waals surface area contributed by atoms with E-state index in [-0.39, 0.29) is 6.04 Å². The molecule has 0 saturated carbocycles.